The van der Waals surface area contributed by atoms with Crippen LogP contribution in [0.4, 0.5) is 0 Å². The second-order valence-corrected chi connectivity index (χ2v) is 9.23. The van der Waals surface area contributed by atoms with Gasteiger partial charge in [0.1, 0.15) is 23.2 Å². The molecule has 1 fully saturated rings. The maximum atomic E-state index is 13.3. The quantitative estimate of drug-likeness (QED) is 0.307. The van der Waals surface area contributed by atoms with E-state index in [0.29, 0.717) is 4.47 Å². The van der Waals surface area contributed by atoms with E-state index in [1.807, 2.05) is 0 Å². The van der Waals surface area contributed by atoms with E-state index in [-0.39, 0.29) is 17.5 Å². The number of rotatable bonds is 1. The van der Waals surface area contributed by atoms with Crippen molar-refractivity contribution >= 4 is 33.4 Å². The first-order valence-electron chi connectivity index (χ1n) is 9.30. The van der Waals surface area contributed by atoms with Crippen molar-refractivity contribution in [3.8, 4) is 5.75 Å². The summed E-state index contributed by atoms with van der Waals surface area (Å²) in [7, 11) is 0. The monoisotopic (exact) mass is 481 g/mol. The van der Waals surface area contributed by atoms with Gasteiger partial charge in [-0.05, 0) is 25.5 Å². The molecule has 1 amide bonds. The van der Waals surface area contributed by atoms with Crippen LogP contribution in [0.1, 0.15) is 35.7 Å². The fraction of sp³-hybridized carbons (Fsp3) is 0.450. The van der Waals surface area contributed by atoms with Crippen molar-refractivity contribution in [2.45, 2.75) is 37.1 Å². The fourth-order valence-corrected chi connectivity index (χ4v) is 6.15. The Hall–Kier alpha value is -2.27. The van der Waals surface area contributed by atoms with Crippen molar-refractivity contribution in [3.05, 3.63) is 39.1 Å². The molecule has 6 atom stereocenters. The predicted octanol–water partition coefficient (Wildman–Crippen LogP) is 0.173. The molecule has 0 radical (unpaired) electrons. The summed E-state index contributed by atoms with van der Waals surface area (Å²) in [6.45, 7) is 1.42. The lowest BCUT2D eigenvalue weighted by Gasteiger charge is -2.56. The van der Waals surface area contributed by atoms with Crippen LogP contribution in [0.15, 0.2) is 27.9 Å². The number of phenols is 1. The molecule has 160 valence electrons. The smallest absolute Gasteiger partial charge is 0.255 e. The highest BCUT2D eigenvalue weighted by molar-refractivity contribution is 9.10. The number of carbonyl (C=O) groups excluding carboxylic acids is 3. The summed E-state index contributed by atoms with van der Waals surface area (Å²) in [5.41, 5.74) is 0.0821. The molecule has 1 aromatic rings. The Morgan fingerprint density at radius 3 is 2.47 bits per heavy atom. The number of nitrogens with two attached hydrogens (primary N) is 1. The van der Waals surface area contributed by atoms with Gasteiger partial charge >= 0.3 is 0 Å². The average molecular weight is 482 g/mol. The van der Waals surface area contributed by atoms with Crippen molar-refractivity contribution in [2.24, 2.45) is 23.5 Å². The van der Waals surface area contributed by atoms with Crippen LogP contribution in [-0.4, -0.2) is 54.7 Å². The van der Waals surface area contributed by atoms with Gasteiger partial charge < -0.3 is 31.3 Å². The van der Waals surface area contributed by atoms with E-state index >= 15 is 0 Å². The van der Waals surface area contributed by atoms with Crippen LogP contribution >= 0.6 is 15.9 Å². The Balaban J connectivity index is 1.95. The van der Waals surface area contributed by atoms with Crippen LogP contribution in [0.3, 0.4) is 0 Å². The molecule has 10 heteroatoms. The second kappa shape index (κ2) is 6.36. The number of benzene rings is 1. The van der Waals surface area contributed by atoms with Gasteiger partial charge in [-0.25, -0.2) is 0 Å². The first-order valence-corrected chi connectivity index (χ1v) is 10.1. The van der Waals surface area contributed by atoms with Crippen molar-refractivity contribution in [1.82, 2.24) is 0 Å². The lowest BCUT2D eigenvalue weighted by molar-refractivity contribution is -0.195. The molecule has 0 heterocycles. The Kier molecular flexibility index (Phi) is 4.45. The number of ketones is 2. The van der Waals surface area contributed by atoms with Gasteiger partial charge in [-0.2, -0.15) is 0 Å². The fourth-order valence-electron chi connectivity index (χ4n) is 5.42. The molecule has 1 saturated carbocycles. The molecule has 0 bridgehead atoms. The number of aliphatic hydroxyl groups is 4. The van der Waals surface area contributed by atoms with Gasteiger partial charge in [0.2, 0.25) is 0 Å². The van der Waals surface area contributed by atoms with Gasteiger partial charge in [0.15, 0.2) is 17.2 Å². The Morgan fingerprint density at radius 1 is 1.23 bits per heavy atom. The van der Waals surface area contributed by atoms with Gasteiger partial charge in [0, 0.05) is 28.3 Å². The van der Waals surface area contributed by atoms with Crippen LogP contribution in [0.5, 0.6) is 5.75 Å². The summed E-state index contributed by atoms with van der Waals surface area (Å²) < 4.78 is 0.376. The minimum Gasteiger partial charge on any atom is -0.508 e. The number of fused-ring (bicyclic) bond motifs is 3. The van der Waals surface area contributed by atoms with E-state index in [2.05, 4.69) is 15.9 Å². The molecule has 3 aliphatic carbocycles. The van der Waals surface area contributed by atoms with Gasteiger partial charge in [-0.1, -0.05) is 15.9 Å². The van der Waals surface area contributed by atoms with E-state index in [1.165, 1.54) is 19.1 Å². The van der Waals surface area contributed by atoms with Gasteiger partial charge in [0.05, 0.1) is 17.1 Å². The maximum Gasteiger partial charge on any atom is 0.255 e. The highest BCUT2D eigenvalue weighted by Crippen LogP contribution is 2.58. The summed E-state index contributed by atoms with van der Waals surface area (Å²) in [4.78, 5) is 37.3. The number of hydrogen-bond donors (Lipinski definition) is 6. The number of aromatic hydroxyl groups is 1. The number of aliphatic hydroxyl groups excluding tert-OH is 2. The van der Waals surface area contributed by atoms with E-state index in [4.69, 9.17) is 5.73 Å². The maximum absolute atomic E-state index is 13.3. The molecule has 30 heavy (non-hydrogen) atoms. The zero-order valence-corrected chi connectivity index (χ0v) is 17.4. The number of phenolic OH excluding ortho intramolecular Hbond substituents is 1. The number of hydrogen-bond acceptors (Lipinski definition) is 8. The van der Waals surface area contributed by atoms with E-state index < -0.39 is 76.0 Å². The van der Waals surface area contributed by atoms with Crippen molar-refractivity contribution in [1.29, 1.82) is 0 Å². The third-order valence-corrected chi connectivity index (χ3v) is 7.53. The minimum absolute atomic E-state index is 0.111. The Bertz CT molecular complexity index is 1050. The summed E-state index contributed by atoms with van der Waals surface area (Å²) in [6, 6.07) is 2.73. The summed E-state index contributed by atoms with van der Waals surface area (Å²) in [6.07, 6.45) is -2.48. The van der Waals surface area contributed by atoms with Crippen LogP contribution in [0.2, 0.25) is 0 Å². The van der Waals surface area contributed by atoms with Crippen molar-refractivity contribution in [3.63, 3.8) is 0 Å². The molecule has 0 aromatic heterocycles. The van der Waals surface area contributed by atoms with E-state index in [0.717, 1.165) is 0 Å². The summed E-state index contributed by atoms with van der Waals surface area (Å²) >= 11 is 3.29. The largest absolute Gasteiger partial charge is 0.508 e. The standard InChI is InChI=1S/C20H20BrNO8/c1-19(29)7-4-6-5-10(24)13(18(22)28)17(27)20(6,30)16(26)11(7)15(25)12-9(23)3-2-8(21)14(12)19/h2-3,6-7,11,16,23,26-27,29-30H,4-5H2,1H3,(H2,22,28)/t6?,7?,11?,16?,19-,20?/m0/s1. The molecule has 7 N–H and O–H groups in total. The first kappa shape index (κ1) is 21.0. The lowest BCUT2D eigenvalue weighted by Crippen LogP contribution is -2.67. The SMILES string of the molecule is C[C@@]1(O)c2c(Br)ccc(O)c2C(=O)C2C(O)C3(O)C(O)=C(C(N)=O)C(=O)CC3CC21. The normalized spacial score (nSPS) is 38.0. The van der Waals surface area contributed by atoms with Crippen molar-refractivity contribution < 1.29 is 39.9 Å². The molecule has 0 saturated heterocycles. The van der Waals surface area contributed by atoms with Crippen LogP contribution < -0.4 is 5.73 Å². The summed E-state index contributed by atoms with van der Waals surface area (Å²) in [5, 5.41) is 54.5. The third-order valence-electron chi connectivity index (χ3n) is 6.87. The minimum atomic E-state index is -2.48. The highest BCUT2D eigenvalue weighted by atomic mass is 79.9. The molecule has 3 aliphatic rings. The van der Waals surface area contributed by atoms with Gasteiger partial charge in [0.25, 0.3) is 5.91 Å². The predicted molar refractivity (Wildman–Crippen MR) is 104 cm³/mol. The summed E-state index contributed by atoms with van der Waals surface area (Å²) in [5.74, 6) is -7.68. The Morgan fingerprint density at radius 2 is 1.87 bits per heavy atom. The molecule has 9 nitrogen and oxygen atoms in total. The number of amides is 1. The first-order chi connectivity index (χ1) is 13.8. The lowest BCUT2D eigenvalue weighted by atomic mass is 9.51. The van der Waals surface area contributed by atoms with Crippen LogP contribution in [-0.2, 0) is 15.2 Å². The molecule has 5 unspecified atom stereocenters. The average Bonchev–Trinajstić information content (AvgIpc) is 2.64. The second-order valence-electron chi connectivity index (χ2n) is 8.38. The topological polar surface area (TPSA) is 178 Å². The molecule has 1 aromatic carbocycles. The molecule has 4 rings (SSSR count). The number of primary amides is 1. The molecular weight excluding hydrogens is 462 g/mol. The highest BCUT2D eigenvalue weighted by Gasteiger charge is 2.66. The van der Waals surface area contributed by atoms with Gasteiger partial charge in [-0.3, -0.25) is 14.4 Å². The number of halogens is 1. The van der Waals surface area contributed by atoms with Gasteiger partial charge in [-0.15, -0.1) is 0 Å². The number of Topliss-reactive ketones (excluding diaryl/α,β-unsaturated/α-hetero) is 2. The zero-order valence-electron chi connectivity index (χ0n) is 15.8. The van der Waals surface area contributed by atoms with Crippen molar-refractivity contribution in [2.75, 3.05) is 0 Å². The zero-order chi connectivity index (χ0) is 22.3. The van der Waals surface area contributed by atoms with Crippen LogP contribution in [0, 0.1) is 17.8 Å². The molecule has 0 spiro atoms. The Labute approximate surface area is 178 Å². The van der Waals surface area contributed by atoms with E-state index in [1.54, 1.807) is 0 Å². The molecular formula is C20H20BrNO8. The molecule has 0 aliphatic heterocycles. The van der Waals surface area contributed by atoms with E-state index in [9.17, 15) is 39.9 Å². The third kappa shape index (κ3) is 2.41. The number of carbonyl (C=O) groups is 3. The van der Waals surface area contributed by atoms with Crippen LogP contribution in [0.25, 0.3) is 0 Å².